The van der Waals surface area contributed by atoms with E-state index in [-0.39, 0.29) is 5.91 Å². The van der Waals surface area contributed by atoms with Crippen LogP contribution in [0.3, 0.4) is 0 Å². The van der Waals surface area contributed by atoms with Crippen molar-refractivity contribution in [2.45, 2.75) is 5.03 Å². The van der Waals surface area contributed by atoms with E-state index >= 15 is 0 Å². The standard InChI is InChI=1S/C27H25ClN4O2S/c1-34-24-9-5-4-8-23(24)31-14-16-32(17-15-31)25(33)18-35-27-22-7-3-2-6-21(22)26(29-30-27)19-10-12-20(28)13-11-19/h2-13H,14-18H2,1H3. The number of rotatable bonds is 6. The van der Waals surface area contributed by atoms with Gasteiger partial charge in [0.15, 0.2) is 0 Å². The fourth-order valence-corrected chi connectivity index (χ4v) is 5.32. The Morgan fingerprint density at radius 1 is 0.914 bits per heavy atom. The van der Waals surface area contributed by atoms with Crippen LogP contribution in [-0.4, -0.2) is 60.0 Å². The number of piperazine rings is 1. The van der Waals surface area contributed by atoms with Crippen LogP contribution in [0.1, 0.15) is 0 Å². The number of thioether (sulfide) groups is 1. The molecule has 1 amide bonds. The number of amides is 1. The van der Waals surface area contributed by atoms with Crippen LogP contribution in [0.15, 0.2) is 77.8 Å². The van der Waals surface area contributed by atoms with E-state index in [0.29, 0.717) is 23.9 Å². The van der Waals surface area contributed by atoms with E-state index in [0.717, 1.165) is 51.6 Å². The van der Waals surface area contributed by atoms with Crippen LogP contribution in [0.2, 0.25) is 5.02 Å². The number of hydrogen-bond acceptors (Lipinski definition) is 6. The van der Waals surface area contributed by atoms with Gasteiger partial charge in [0, 0.05) is 47.5 Å². The number of carbonyl (C=O) groups is 1. The summed E-state index contributed by atoms with van der Waals surface area (Å²) in [7, 11) is 1.68. The summed E-state index contributed by atoms with van der Waals surface area (Å²) >= 11 is 7.49. The number of nitrogens with zero attached hydrogens (tertiary/aromatic N) is 4. The molecule has 1 aliphatic rings. The number of halogens is 1. The molecule has 1 aromatic heterocycles. The maximum atomic E-state index is 13.0. The highest BCUT2D eigenvalue weighted by molar-refractivity contribution is 8.00. The van der Waals surface area contributed by atoms with Crippen LogP contribution in [-0.2, 0) is 4.79 Å². The van der Waals surface area contributed by atoms with Crippen molar-refractivity contribution in [3.63, 3.8) is 0 Å². The fourth-order valence-electron chi connectivity index (χ4n) is 4.32. The summed E-state index contributed by atoms with van der Waals surface area (Å²) in [6.07, 6.45) is 0. The van der Waals surface area contributed by atoms with Crippen LogP contribution >= 0.6 is 23.4 Å². The van der Waals surface area contributed by atoms with Crippen LogP contribution in [0, 0.1) is 0 Å². The fraction of sp³-hybridized carbons (Fsp3) is 0.222. The van der Waals surface area contributed by atoms with E-state index in [1.54, 1.807) is 7.11 Å². The van der Waals surface area contributed by atoms with Gasteiger partial charge < -0.3 is 14.5 Å². The molecule has 0 aliphatic carbocycles. The Balaban J connectivity index is 1.26. The number of benzene rings is 3. The summed E-state index contributed by atoms with van der Waals surface area (Å²) in [5.74, 6) is 1.30. The average Bonchev–Trinajstić information content (AvgIpc) is 2.92. The molecule has 0 N–H and O–H groups in total. The van der Waals surface area contributed by atoms with Gasteiger partial charge in [-0.25, -0.2) is 0 Å². The molecule has 178 valence electrons. The van der Waals surface area contributed by atoms with Gasteiger partial charge in [-0.1, -0.05) is 71.9 Å². The monoisotopic (exact) mass is 504 g/mol. The van der Waals surface area contributed by atoms with Gasteiger partial charge in [0.05, 0.1) is 18.6 Å². The molecule has 2 heterocycles. The summed E-state index contributed by atoms with van der Waals surface area (Å²) in [6, 6.07) is 23.6. The van der Waals surface area contributed by atoms with Crippen molar-refractivity contribution in [1.82, 2.24) is 15.1 Å². The zero-order chi connectivity index (χ0) is 24.2. The minimum atomic E-state index is 0.113. The predicted octanol–water partition coefficient (Wildman–Crippen LogP) is 5.40. The molecule has 1 saturated heterocycles. The average molecular weight is 505 g/mol. The molecule has 0 radical (unpaired) electrons. The van der Waals surface area contributed by atoms with E-state index in [1.807, 2.05) is 71.6 Å². The number of fused-ring (bicyclic) bond motifs is 1. The normalized spacial score (nSPS) is 13.8. The molecule has 0 bridgehead atoms. The second-order valence-electron chi connectivity index (χ2n) is 8.23. The Labute approximate surface area is 213 Å². The van der Waals surface area contributed by atoms with Gasteiger partial charge in [0.1, 0.15) is 16.5 Å². The van der Waals surface area contributed by atoms with Gasteiger partial charge in [-0.15, -0.1) is 10.2 Å². The van der Waals surface area contributed by atoms with Crippen molar-refractivity contribution in [3.8, 4) is 17.0 Å². The zero-order valence-corrected chi connectivity index (χ0v) is 20.9. The summed E-state index contributed by atoms with van der Waals surface area (Å²) < 4.78 is 5.49. The predicted molar refractivity (Wildman–Crippen MR) is 142 cm³/mol. The number of ether oxygens (including phenoxy) is 1. The molecule has 4 aromatic rings. The summed E-state index contributed by atoms with van der Waals surface area (Å²) in [5, 5.41) is 12.4. The lowest BCUT2D eigenvalue weighted by atomic mass is 10.1. The number of aromatic nitrogens is 2. The Kier molecular flexibility index (Phi) is 7.06. The Hall–Kier alpha value is -3.29. The van der Waals surface area contributed by atoms with E-state index in [2.05, 4.69) is 21.2 Å². The minimum absolute atomic E-state index is 0.113. The van der Waals surface area contributed by atoms with Gasteiger partial charge in [0.2, 0.25) is 5.91 Å². The molecule has 1 fully saturated rings. The van der Waals surface area contributed by atoms with E-state index < -0.39 is 0 Å². The highest BCUT2D eigenvalue weighted by Gasteiger charge is 2.23. The maximum absolute atomic E-state index is 13.0. The van der Waals surface area contributed by atoms with Gasteiger partial charge in [-0.05, 0) is 24.3 Å². The van der Waals surface area contributed by atoms with Gasteiger partial charge in [-0.2, -0.15) is 0 Å². The molecular formula is C27H25ClN4O2S. The molecule has 0 atom stereocenters. The molecule has 0 saturated carbocycles. The Morgan fingerprint density at radius 2 is 1.60 bits per heavy atom. The molecule has 6 nitrogen and oxygen atoms in total. The molecule has 8 heteroatoms. The first-order chi connectivity index (χ1) is 17.1. The van der Waals surface area contributed by atoms with E-state index in [1.165, 1.54) is 11.8 Å². The molecule has 0 unspecified atom stereocenters. The Morgan fingerprint density at radius 3 is 2.34 bits per heavy atom. The third kappa shape index (κ3) is 5.06. The van der Waals surface area contributed by atoms with Gasteiger partial charge in [-0.3, -0.25) is 4.79 Å². The van der Waals surface area contributed by atoms with Gasteiger partial charge in [0.25, 0.3) is 0 Å². The van der Waals surface area contributed by atoms with E-state index in [9.17, 15) is 4.79 Å². The first-order valence-corrected chi connectivity index (χ1v) is 12.8. The van der Waals surface area contributed by atoms with Crippen LogP contribution < -0.4 is 9.64 Å². The van der Waals surface area contributed by atoms with Gasteiger partial charge >= 0.3 is 0 Å². The number of hydrogen-bond donors (Lipinski definition) is 0. The third-order valence-corrected chi connectivity index (χ3v) is 7.38. The number of anilines is 1. The number of para-hydroxylation sites is 2. The lowest BCUT2D eigenvalue weighted by Gasteiger charge is -2.36. The second-order valence-corrected chi connectivity index (χ2v) is 9.64. The van der Waals surface area contributed by atoms with Crippen LogP contribution in [0.25, 0.3) is 22.0 Å². The van der Waals surface area contributed by atoms with Crippen molar-refractivity contribution < 1.29 is 9.53 Å². The first-order valence-electron chi connectivity index (χ1n) is 11.4. The number of carbonyl (C=O) groups excluding carboxylic acids is 1. The van der Waals surface area contributed by atoms with Crippen molar-refractivity contribution in [2.24, 2.45) is 0 Å². The lowest BCUT2D eigenvalue weighted by Crippen LogP contribution is -2.49. The highest BCUT2D eigenvalue weighted by Crippen LogP contribution is 2.33. The smallest absolute Gasteiger partial charge is 0.233 e. The zero-order valence-electron chi connectivity index (χ0n) is 19.4. The third-order valence-electron chi connectivity index (χ3n) is 6.16. The topological polar surface area (TPSA) is 58.6 Å². The molecular weight excluding hydrogens is 480 g/mol. The highest BCUT2D eigenvalue weighted by atomic mass is 35.5. The SMILES string of the molecule is COc1ccccc1N1CCN(C(=O)CSc2nnc(-c3ccc(Cl)cc3)c3ccccc23)CC1. The molecule has 5 rings (SSSR count). The number of methoxy groups -OCH3 is 1. The van der Waals surface area contributed by atoms with Crippen molar-refractivity contribution in [2.75, 3.05) is 43.9 Å². The summed E-state index contributed by atoms with van der Waals surface area (Å²) in [5.41, 5.74) is 2.83. The largest absolute Gasteiger partial charge is 0.495 e. The van der Waals surface area contributed by atoms with Crippen molar-refractivity contribution >= 4 is 45.7 Å². The van der Waals surface area contributed by atoms with Crippen LogP contribution in [0.5, 0.6) is 5.75 Å². The molecule has 1 aliphatic heterocycles. The minimum Gasteiger partial charge on any atom is -0.495 e. The second kappa shape index (κ2) is 10.5. The quantitative estimate of drug-likeness (QED) is 0.328. The molecule has 3 aromatic carbocycles. The van der Waals surface area contributed by atoms with Crippen molar-refractivity contribution in [3.05, 3.63) is 77.8 Å². The summed E-state index contributed by atoms with van der Waals surface area (Å²) in [4.78, 5) is 17.2. The maximum Gasteiger partial charge on any atom is 0.233 e. The van der Waals surface area contributed by atoms with E-state index in [4.69, 9.17) is 16.3 Å². The molecule has 0 spiro atoms. The molecule has 35 heavy (non-hydrogen) atoms. The Bertz CT molecular complexity index is 1340. The van der Waals surface area contributed by atoms with Crippen molar-refractivity contribution in [1.29, 1.82) is 0 Å². The first kappa shape index (κ1) is 23.5. The summed E-state index contributed by atoms with van der Waals surface area (Å²) in [6.45, 7) is 2.91. The van der Waals surface area contributed by atoms with Crippen LogP contribution in [0.4, 0.5) is 5.69 Å². The lowest BCUT2D eigenvalue weighted by molar-refractivity contribution is -0.128.